The molecule has 2 aromatic rings. The van der Waals surface area contributed by atoms with E-state index < -0.39 is 23.6 Å². The molecule has 1 aliphatic heterocycles. The lowest BCUT2D eigenvalue weighted by Gasteiger charge is -2.17. The van der Waals surface area contributed by atoms with Crippen molar-refractivity contribution in [3.63, 3.8) is 0 Å². The number of alkyl halides is 3. The highest BCUT2D eigenvalue weighted by Crippen LogP contribution is 2.37. The molecule has 1 amide bonds. The van der Waals surface area contributed by atoms with Gasteiger partial charge in [-0.1, -0.05) is 0 Å². The van der Waals surface area contributed by atoms with Gasteiger partial charge in [-0.05, 0) is 30.3 Å². The number of halogens is 3. The molecule has 0 spiro atoms. The summed E-state index contributed by atoms with van der Waals surface area (Å²) in [5.74, 6) is -1.04. The van der Waals surface area contributed by atoms with E-state index in [-0.39, 0.29) is 49.0 Å². The maximum atomic E-state index is 13.2. The van der Waals surface area contributed by atoms with Crippen LogP contribution in [0, 0.1) is 0 Å². The Morgan fingerprint density at radius 1 is 1.32 bits per heavy atom. The van der Waals surface area contributed by atoms with Gasteiger partial charge in [-0.15, -0.1) is 0 Å². The molecule has 166 valence electrons. The van der Waals surface area contributed by atoms with Crippen molar-refractivity contribution in [2.24, 2.45) is 0 Å². The molecule has 2 heterocycles. The van der Waals surface area contributed by atoms with Gasteiger partial charge in [-0.3, -0.25) is 4.79 Å². The Kier molecular flexibility index (Phi) is 6.54. The summed E-state index contributed by atoms with van der Waals surface area (Å²) < 4.78 is 55.1. The van der Waals surface area contributed by atoms with Crippen LogP contribution in [0.4, 0.5) is 18.9 Å². The van der Waals surface area contributed by atoms with Crippen molar-refractivity contribution in [1.82, 2.24) is 4.90 Å². The summed E-state index contributed by atoms with van der Waals surface area (Å²) in [6.07, 6.45) is -3.22. The van der Waals surface area contributed by atoms with Gasteiger partial charge in [0.2, 0.25) is 0 Å². The molecule has 11 heteroatoms. The van der Waals surface area contributed by atoms with E-state index in [1.165, 1.54) is 11.2 Å². The molecule has 1 aromatic heterocycles. The number of carbonyl (C=O) groups excluding carboxylic acids is 2. The fraction of sp³-hybridized carbons (Fsp3) is 0.300. The molecule has 0 bridgehead atoms. The van der Waals surface area contributed by atoms with Crippen LogP contribution >= 0.6 is 0 Å². The van der Waals surface area contributed by atoms with Crippen molar-refractivity contribution in [3.05, 3.63) is 59.2 Å². The number of esters is 1. The molecule has 1 aromatic carbocycles. The van der Waals surface area contributed by atoms with Gasteiger partial charge in [0.1, 0.15) is 23.8 Å². The van der Waals surface area contributed by atoms with Crippen LogP contribution in [0.15, 0.2) is 52.3 Å². The van der Waals surface area contributed by atoms with Crippen LogP contribution in [0.25, 0.3) is 0 Å². The van der Waals surface area contributed by atoms with E-state index in [4.69, 9.17) is 14.3 Å². The minimum absolute atomic E-state index is 0.00882. The third kappa shape index (κ3) is 5.00. The van der Waals surface area contributed by atoms with E-state index in [1.54, 1.807) is 12.1 Å². The Bertz CT molecular complexity index is 985. The van der Waals surface area contributed by atoms with Gasteiger partial charge in [0, 0.05) is 6.54 Å². The van der Waals surface area contributed by atoms with Gasteiger partial charge in [0.15, 0.2) is 0 Å². The lowest BCUT2D eigenvalue weighted by atomic mass is 10.1. The van der Waals surface area contributed by atoms with E-state index in [1.807, 2.05) is 0 Å². The number of methoxy groups -OCH3 is 1. The van der Waals surface area contributed by atoms with E-state index in [2.05, 4.69) is 10.1 Å². The predicted molar refractivity (Wildman–Crippen MR) is 101 cm³/mol. The number of hydrogen-bond donors (Lipinski definition) is 2. The fourth-order valence-corrected chi connectivity index (χ4v) is 2.96. The van der Waals surface area contributed by atoms with Crippen LogP contribution in [0.5, 0.6) is 5.75 Å². The Labute approximate surface area is 174 Å². The maximum Gasteiger partial charge on any atom is 0.416 e. The molecular weight excluding hydrogens is 421 g/mol. The summed E-state index contributed by atoms with van der Waals surface area (Å²) in [7, 11) is 1.12. The molecule has 2 N–H and O–H groups in total. The van der Waals surface area contributed by atoms with Crippen molar-refractivity contribution in [2.75, 3.05) is 32.1 Å². The third-order valence-electron chi connectivity index (χ3n) is 4.47. The molecule has 8 nitrogen and oxygen atoms in total. The van der Waals surface area contributed by atoms with Gasteiger partial charge >= 0.3 is 12.1 Å². The SMILES string of the molecule is COC(=O)C1=C(Nc2cc(C(F)(F)F)ccc2OCc2ccco2)C(=O)N(CCO)C1. The summed E-state index contributed by atoms with van der Waals surface area (Å²) in [6, 6.07) is 5.98. The molecule has 3 rings (SSSR count). The highest BCUT2D eigenvalue weighted by atomic mass is 19.4. The minimum Gasteiger partial charge on any atom is -0.483 e. The number of nitrogens with zero attached hydrogens (tertiary/aromatic N) is 1. The second kappa shape index (κ2) is 9.13. The Hall–Kier alpha value is -3.47. The van der Waals surface area contributed by atoms with Crippen molar-refractivity contribution in [3.8, 4) is 5.75 Å². The molecule has 0 fully saturated rings. The molecule has 31 heavy (non-hydrogen) atoms. The van der Waals surface area contributed by atoms with Crippen LogP contribution in [0.3, 0.4) is 0 Å². The number of nitrogens with one attached hydrogen (secondary N) is 1. The molecule has 0 aliphatic carbocycles. The summed E-state index contributed by atoms with van der Waals surface area (Å²) >= 11 is 0. The van der Waals surface area contributed by atoms with Crippen LogP contribution < -0.4 is 10.1 Å². The normalized spacial score (nSPS) is 14.2. The number of furan rings is 1. The fourth-order valence-electron chi connectivity index (χ4n) is 2.96. The quantitative estimate of drug-likeness (QED) is 0.609. The molecule has 0 radical (unpaired) electrons. The van der Waals surface area contributed by atoms with Crippen LogP contribution in [-0.2, 0) is 27.1 Å². The van der Waals surface area contributed by atoms with Crippen molar-refractivity contribution < 1.29 is 41.8 Å². The monoisotopic (exact) mass is 440 g/mol. The molecule has 0 atom stereocenters. The first kappa shape index (κ1) is 22.2. The average Bonchev–Trinajstić information content (AvgIpc) is 3.35. The highest BCUT2D eigenvalue weighted by molar-refractivity contribution is 6.08. The lowest BCUT2D eigenvalue weighted by Crippen LogP contribution is -2.31. The largest absolute Gasteiger partial charge is 0.483 e. The minimum atomic E-state index is -4.64. The first-order valence-corrected chi connectivity index (χ1v) is 9.09. The van der Waals surface area contributed by atoms with Crippen LogP contribution in [-0.4, -0.2) is 48.7 Å². The number of benzene rings is 1. The van der Waals surface area contributed by atoms with Crippen molar-refractivity contribution in [1.29, 1.82) is 0 Å². The first-order chi connectivity index (χ1) is 14.7. The molecule has 0 saturated carbocycles. The average molecular weight is 440 g/mol. The highest BCUT2D eigenvalue weighted by Gasteiger charge is 2.36. The molecule has 1 aliphatic rings. The number of hydrogen-bond acceptors (Lipinski definition) is 7. The van der Waals surface area contributed by atoms with Gasteiger partial charge in [-0.2, -0.15) is 13.2 Å². The van der Waals surface area contributed by atoms with Gasteiger partial charge in [0.05, 0.1) is 43.3 Å². The Morgan fingerprint density at radius 2 is 2.10 bits per heavy atom. The molecular formula is C20H19F3N2O6. The van der Waals surface area contributed by atoms with Crippen LogP contribution in [0.2, 0.25) is 0 Å². The number of ether oxygens (including phenoxy) is 2. The maximum absolute atomic E-state index is 13.2. The summed E-state index contributed by atoms with van der Waals surface area (Å²) in [5, 5.41) is 11.7. The smallest absolute Gasteiger partial charge is 0.416 e. The number of anilines is 1. The number of rotatable bonds is 8. The Balaban J connectivity index is 1.97. The summed E-state index contributed by atoms with van der Waals surface area (Å²) in [5.41, 5.74) is -1.46. The van der Waals surface area contributed by atoms with Gasteiger partial charge in [0.25, 0.3) is 5.91 Å². The van der Waals surface area contributed by atoms with Crippen molar-refractivity contribution >= 4 is 17.6 Å². The zero-order chi connectivity index (χ0) is 22.6. The number of carbonyl (C=O) groups is 2. The van der Waals surface area contributed by atoms with Gasteiger partial charge in [-0.25, -0.2) is 4.79 Å². The number of β-amino-alcohol motifs (C(OH)–C–C–N with tert-alkyl or cyclic N) is 1. The lowest BCUT2D eigenvalue weighted by molar-refractivity contribution is -0.138. The number of aliphatic hydroxyl groups is 1. The van der Waals surface area contributed by atoms with E-state index >= 15 is 0 Å². The second-order valence-electron chi connectivity index (χ2n) is 6.50. The van der Waals surface area contributed by atoms with E-state index in [0.29, 0.717) is 5.76 Å². The van der Waals surface area contributed by atoms with E-state index in [0.717, 1.165) is 25.3 Å². The number of aliphatic hydroxyl groups excluding tert-OH is 1. The Morgan fingerprint density at radius 3 is 2.71 bits per heavy atom. The zero-order valence-electron chi connectivity index (χ0n) is 16.4. The molecule has 0 saturated heterocycles. The van der Waals surface area contributed by atoms with Gasteiger partial charge < -0.3 is 29.2 Å². The predicted octanol–water partition coefficient (Wildman–Crippen LogP) is 2.55. The second-order valence-corrected chi connectivity index (χ2v) is 6.50. The van der Waals surface area contributed by atoms with Crippen molar-refractivity contribution in [2.45, 2.75) is 12.8 Å². The molecule has 0 unspecified atom stereocenters. The third-order valence-corrected chi connectivity index (χ3v) is 4.47. The standard InChI is InChI=1S/C20H19F3N2O6/c1-29-19(28)14-10-25(6-7-26)18(27)17(14)24-15-9-12(20(21,22)23)4-5-16(15)31-11-13-3-2-8-30-13/h2-5,8-9,24,26H,6-7,10-11H2,1H3. The topological polar surface area (TPSA) is 101 Å². The number of amides is 1. The summed E-state index contributed by atoms with van der Waals surface area (Å²) in [4.78, 5) is 26.0. The first-order valence-electron chi connectivity index (χ1n) is 9.09. The van der Waals surface area contributed by atoms with E-state index in [9.17, 15) is 22.8 Å². The zero-order valence-corrected chi connectivity index (χ0v) is 16.4. The van der Waals surface area contributed by atoms with Crippen LogP contribution in [0.1, 0.15) is 11.3 Å². The summed E-state index contributed by atoms with van der Waals surface area (Å²) in [6.45, 7) is -0.639.